The number of halogens is 1. The minimum Gasteiger partial charge on any atom is -0.356 e. The van der Waals surface area contributed by atoms with E-state index in [1.807, 2.05) is 14.0 Å². The Hall–Kier alpha value is -0.790. The molecule has 0 atom stereocenters. The highest BCUT2D eigenvalue weighted by Gasteiger charge is 2.23. The molecule has 144 valence electrons. The molecule has 1 heterocycles. The van der Waals surface area contributed by atoms with Crippen LogP contribution in [0.2, 0.25) is 0 Å². The summed E-state index contributed by atoms with van der Waals surface area (Å²) in [6.07, 6.45) is 6.24. The molecule has 0 spiro atoms. The van der Waals surface area contributed by atoms with Crippen molar-refractivity contribution in [1.29, 1.82) is 0 Å². The average Bonchev–Trinajstić information content (AvgIpc) is 2.88. The number of hydrogen-bond donors (Lipinski definition) is 2. The van der Waals surface area contributed by atoms with E-state index in [0.29, 0.717) is 6.04 Å². The van der Waals surface area contributed by atoms with Crippen LogP contribution in [-0.4, -0.2) is 35.4 Å². The Labute approximate surface area is 170 Å². The maximum atomic E-state index is 4.50. The van der Waals surface area contributed by atoms with Gasteiger partial charge in [-0.3, -0.25) is 9.67 Å². The molecule has 0 radical (unpaired) electrons. The van der Waals surface area contributed by atoms with Crippen molar-refractivity contribution in [1.82, 2.24) is 20.4 Å². The Bertz CT molecular complexity index is 530. The third kappa shape index (κ3) is 7.15. The van der Waals surface area contributed by atoms with E-state index in [-0.39, 0.29) is 24.0 Å². The summed E-state index contributed by atoms with van der Waals surface area (Å²) in [5.41, 5.74) is 2.33. The monoisotopic (exact) mass is 461 g/mol. The van der Waals surface area contributed by atoms with Crippen LogP contribution in [0.4, 0.5) is 0 Å². The van der Waals surface area contributed by atoms with Crippen LogP contribution in [0.1, 0.15) is 57.3 Å². The lowest BCUT2D eigenvalue weighted by Crippen LogP contribution is -2.45. The summed E-state index contributed by atoms with van der Waals surface area (Å²) in [6, 6.07) is 2.70. The summed E-state index contributed by atoms with van der Waals surface area (Å²) in [7, 11) is 1.86. The third-order valence-electron chi connectivity index (χ3n) is 5.22. The summed E-state index contributed by atoms with van der Waals surface area (Å²) < 4.78 is 2.08. The average molecular weight is 461 g/mol. The van der Waals surface area contributed by atoms with E-state index in [1.54, 1.807) is 0 Å². The fourth-order valence-electron chi connectivity index (χ4n) is 3.66. The van der Waals surface area contributed by atoms with Gasteiger partial charge in [-0.15, -0.1) is 24.0 Å². The minimum atomic E-state index is 0. The van der Waals surface area contributed by atoms with Crippen molar-refractivity contribution >= 4 is 29.9 Å². The second-order valence-corrected chi connectivity index (χ2v) is 7.50. The molecule has 6 heteroatoms. The van der Waals surface area contributed by atoms with Gasteiger partial charge in [0.1, 0.15) is 0 Å². The predicted octanol–water partition coefficient (Wildman–Crippen LogP) is 3.89. The predicted molar refractivity (Wildman–Crippen MR) is 117 cm³/mol. The second-order valence-electron chi connectivity index (χ2n) is 7.50. The van der Waals surface area contributed by atoms with Crippen LogP contribution in [-0.2, 0) is 6.54 Å². The SMILES string of the molecule is CN=C(NCCCn1nc(C)cc1C)NC1CCC(C(C)C)CC1.I. The number of guanidine groups is 1. The van der Waals surface area contributed by atoms with Gasteiger partial charge < -0.3 is 10.6 Å². The lowest BCUT2D eigenvalue weighted by molar-refractivity contribution is 0.250. The molecule has 1 aromatic heterocycles. The normalized spacial score (nSPS) is 21.1. The molecular weight excluding hydrogens is 425 g/mol. The standard InChI is InChI=1S/C19H35N5.HI/c1-14(2)17-7-9-18(10-8-17)22-19(20-5)21-11-6-12-24-16(4)13-15(3)23-24;/h13-14,17-18H,6-12H2,1-5H3,(H2,20,21,22);1H. The number of nitrogens with one attached hydrogen (secondary N) is 2. The maximum Gasteiger partial charge on any atom is 0.191 e. The van der Waals surface area contributed by atoms with E-state index < -0.39 is 0 Å². The number of aromatic nitrogens is 2. The number of aryl methyl sites for hydroxylation is 3. The van der Waals surface area contributed by atoms with Gasteiger partial charge in [0.05, 0.1) is 5.69 Å². The number of hydrogen-bond acceptors (Lipinski definition) is 2. The van der Waals surface area contributed by atoms with Gasteiger partial charge in [0.15, 0.2) is 5.96 Å². The highest BCUT2D eigenvalue weighted by molar-refractivity contribution is 14.0. The first kappa shape index (κ1) is 22.3. The van der Waals surface area contributed by atoms with Crippen molar-refractivity contribution in [3.63, 3.8) is 0 Å². The molecule has 1 aromatic rings. The molecule has 5 nitrogen and oxygen atoms in total. The van der Waals surface area contributed by atoms with Crippen molar-refractivity contribution < 1.29 is 0 Å². The highest BCUT2D eigenvalue weighted by atomic mass is 127. The molecule has 0 aliphatic heterocycles. The molecule has 0 bridgehead atoms. The van der Waals surface area contributed by atoms with Gasteiger partial charge in [-0.05, 0) is 63.9 Å². The van der Waals surface area contributed by atoms with Gasteiger partial charge in [0, 0.05) is 31.9 Å². The maximum absolute atomic E-state index is 4.50. The van der Waals surface area contributed by atoms with E-state index in [9.17, 15) is 0 Å². The summed E-state index contributed by atoms with van der Waals surface area (Å²) in [6.45, 7) is 10.7. The first-order valence-corrected chi connectivity index (χ1v) is 9.47. The summed E-state index contributed by atoms with van der Waals surface area (Å²) in [5, 5.41) is 11.5. The fraction of sp³-hybridized carbons (Fsp3) is 0.789. The molecule has 1 fully saturated rings. The van der Waals surface area contributed by atoms with E-state index in [1.165, 1.54) is 31.4 Å². The summed E-state index contributed by atoms with van der Waals surface area (Å²) >= 11 is 0. The Kier molecular flexibility index (Phi) is 9.82. The molecular formula is C19H36IN5. The smallest absolute Gasteiger partial charge is 0.191 e. The second kappa shape index (κ2) is 11.0. The molecule has 25 heavy (non-hydrogen) atoms. The van der Waals surface area contributed by atoms with E-state index in [4.69, 9.17) is 0 Å². The zero-order valence-corrected chi connectivity index (χ0v) is 18.8. The lowest BCUT2D eigenvalue weighted by atomic mass is 9.80. The van der Waals surface area contributed by atoms with Crippen molar-refractivity contribution in [2.24, 2.45) is 16.8 Å². The zero-order valence-electron chi connectivity index (χ0n) is 16.5. The van der Waals surface area contributed by atoms with Gasteiger partial charge in [-0.25, -0.2) is 0 Å². The van der Waals surface area contributed by atoms with Crippen LogP contribution < -0.4 is 10.6 Å². The first-order chi connectivity index (χ1) is 11.5. The third-order valence-corrected chi connectivity index (χ3v) is 5.22. The Morgan fingerprint density at radius 2 is 1.96 bits per heavy atom. The summed E-state index contributed by atoms with van der Waals surface area (Å²) in [4.78, 5) is 4.37. The first-order valence-electron chi connectivity index (χ1n) is 9.47. The quantitative estimate of drug-likeness (QED) is 0.293. The van der Waals surface area contributed by atoms with E-state index >= 15 is 0 Å². The Morgan fingerprint density at radius 1 is 1.28 bits per heavy atom. The van der Waals surface area contributed by atoms with Gasteiger partial charge in [-0.1, -0.05) is 13.8 Å². The van der Waals surface area contributed by atoms with E-state index in [2.05, 4.69) is 52.2 Å². The van der Waals surface area contributed by atoms with Gasteiger partial charge >= 0.3 is 0 Å². The molecule has 0 amide bonds. The van der Waals surface area contributed by atoms with Crippen molar-refractivity contribution in [2.75, 3.05) is 13.6 Å². The van der Waals surface area contributed by atoms with E-state index in [0.717, 1.165) is 43.0 Å². The molecule has 0 aromatic carbocycles. The largest absolute Gasteiger partial charge is 0.356 e. The van der Waals surface area contributed by atoms with Crippen LogP contribution in [0.15, 0.2) is 11.1 Å². The van der Waals surface area contributed by atoms with Crippen molar-refractivity contribution in [2.45, 2.75) is 72.4 Å². The van der Waals surface area contributed by atoms with Crippen molar-refractivity contribution in [3.8, 4) is 0 Å². The van der Waals surface area contributed by atoms with Crippen LogP contribution in [0, 0.1) is 25.7 Å². The van der Waals surface area contributed by atoms with Crippen molar-refractivity contribution in [3.05, 3.63) is 17.5 Å². The fourth-order valence-corrected chi connectivity index (χ4v) is 3.66. The Balaban J connectivity index is 0.00000312. The van der Waals surface area contributed by atoms with Gasteiger partial charge in [-0.2, -0.15) is 5.10 Å². The molecule has 0 unspecified atom stereocenters. The summed E-state index contributed by atoms with van der Waals surface area (Å²) in [5.74, 6) is 2.66. The molecule has 1 saturated carbocycles. The molecule has 2 rings (SSSR count). The van der Waals surface area contributed by atoms with Gasteiger partial charge in [0.2, 0.25) is 0 Å². The topological polar surface area (TPSA) is 54.2 Å². The molecule has 2 N–H and O–H groups in total. The molecule has 0 saturated heterocycles. The van der Waals surface area contributed by atoms with Crippen LogP contribution in [0.5, 0.6) is 0 Å². The number of aliphatic imine (C=N–C) groups is 1. The Morgan fingerprint density at radius 3 is 2.48 bits per heavy atom. The minimum absolute atomic E-state index is 0. The highest BCUT2D eigenvalue weighted by Crippen LogP contribution is 2.29. The van der Waals surface area contributed by atoms with Crippen LogP contribution in [0.25, 0.3) is 0 Å². The number of rotatable bonds is 6. The van der Waals surface area contributed by atoms with Crippen LogP contribution in [0.3, 0.4) is 0 Å². The zero-order chi connectivity index (χ0) is 17.5. The van der Waals surface area contributed by atoms with Gasteiger partial charge in [0.25, 0.3) is 0 Å². The number of nitrogens with zero attached hydrogens (tertiary/aromatic N) is 3. The molecule has 1 aliphatic carbocycles. The molecule has 1 aliphatic rings. The van der Waals surface area contributed by atoms with Crippen LogP contribution >= 0.6 is 24.0 Å². The lowest BCUT2D eigenvalue weighted by Gasteiger charge is -2.32.